The first-order valence-electron chi connectivity index (χ1n) is 6.06. The van der Waals surface area contributed by atoms with Crippen molar-refractivity contribution in [2.45, 2.75) is 18.8 Å². The number of halogens is 2. The summed E-state index contributed by atoms with van der Waals surface area (Å²) in [4.78, 5) is 15.9. The normalized spacial score (nSPS) is 14.1. The predicted molar refractivity (Wildman–Crippen MR) is 77.5 cm³/mol. The Bertz CT molecular complexity index is 653. The zero-order valence-electron chi connectivity index (χ0n) is 10.3. The van der Waals surface area contributed by atoms with Gasteiger partial charge >= 0.3 is 6.03 Å². The topological polar surface area (TPSA) is 82.7 Å². The van der Waals surface area contributed by atoms with E-state index in [2.05, 4.69) is 25.8 Å². The van der Waals surface area contributed by atoms with E-state index in [0.29, 0.717) is 27.5 Å². The Balaban J connectivity index is 1.67. The number of urea groups is 1. The number of hydrogen-bond donors (Lipinski definition) is 3. The van der Waals surface area contributed by atoms with Crippen molar-refractivity contribution < 1.29 is 4.79 Å². The van der Waals surface area contributed by atoms with Crippen molar-refractivity contribution >= 4 is 40.7 Å². The maximum Gasteiger partial charge on any atom is 0.324 e. The molecule has 0 atom stereocenters. The summed E-state index contributed by atoms with van der Waals surface area (Å²) in [7, 11) is 0. The van der Waals surface area contributed by atoms with Crippen molar-refractivity contribution in [2.75, 3.05) is 10.6 Å². The zero-order valence-corrected chi connectivity index (χ0v) is 11.8. The van der Waals surface area contributed by atoms with Gasteiger partial charge in [-0.3, -0.25) is 10.4 Å². The van der Waals surface area contributed by atoms with Crippen molar-refractivity contribution in [3.63, 3.8) is 0 Å². The van der Waals surface area contributed by atoms with Gasteiger partial charge < -0.3 is 5.32 Å². The van der Waals surface area contributed by atoms with Crippen LogP contribution in [0.25, 0.3) is 0 Å². The molecule has 0 aliphatic heterocycles. The lowest BCUT2D eigenvalue weighted by atomic mass is 10.2. The average molecular weight is 312 g/mol. The number of amides is 2. The summed E-state index contributed by atoms with van der Waals surface area (Å²) in [5, 5.41) is 12.8. The van der Waals surface area contributed by atoms with Gasteiger partial charge in [-0.2, -0.15) is 5.10 Å². The van der Waals surface area contributed by atoms with Crippen molar-refractivity contribution in [1.82, 2.24) is 15.2 Å². The van der Waals surface area contributed by atoms with Crippen LogP contribution in [0.3, 0.4) is 0 Å². The summed E-state index contributed by atoms with van der Waals surface area (Å²) in [5.41, 5.74) is 1.65. The van der Waals surface area contributed by atoms with Gasteiger partial charge in [0.2, 0.25) is 0 Å². The van der Waals surface area contributed by atoms with Gasteiger partial charge in [-0.15, -0.1) is 0 Å². The van der Waals surface area contributed by atoms with E-state index in [-0.39, 0.29) is 0 Å². The minimum Gasteiger partial charge on any atom is -0.305 e. The van der Waals surface area contributed by atoms with E-state index in [1.807, 2.05) is 0 Å². The van der Waals surface area contributed by atoms with Crippen LogP contribution in [0.4, 0.5) is 16.3 Å². The van der Waals surface area contributed by atoms with Crippen molar-refractivity contribution in [3.8, 4) is 0 Å². The molecule has 2 aromatic rings. The Morgan fingerprint density at radius 3 is 2.75 bits per heavy atom. The number of aromatic nitrogens is 3. The summed E-state index contributed by atoms with van der Waals surface area (Å²) < 4.78 is 0. The molecular weight excluding hydrogens is 301 g/mol. The van der Waals surface area contributed by atoms with E-state index in [9.17, 15) is 4.79 Å². The number of nitrogens with one attached hydrogen (secondary N) is 3. The number of anilines is 2. The Morgan fingerprint density at radius 2 is 2.05 bits per heavy atom. The van der Waals surface area contributed by atoms with E-state index in [1.54, 1.807) is 6.20 Å². The molecule has 1 fully saturated rings. The third-order valence-electron chi connectivity index (χ3n) is 2.95. The highest BCUT2D eigenvalue weighted by Gasteiger charge is 2.28. The summed E-state index contributed by atoms with van der Waals surface area (Å²) in [6.45, 7) is 0. The lowest BCUT2D eigenvalue weighted by Gasteiger charge is -2.07. The second-order valence-corrected chi connectivity index (χ2v) is 5.35. The minimum absolute atomic E-state index is 0.327. The summed E-state index contributed by atoms with van der Waals surface area (Å²) in [6.07, 6.45) is 5.21. The van der Waals surface area contributed by atoms with Crippen LogP contribution in [-0.4, -0.2) is 21.2 Å². The maximum absolute atomic E-state index is 11.9. The number of rotatable bonds is 3. The number of hydrogen-bond acceptors (Lipinski definition) is 3. The second kappa shape index (κ2) is 5.30. The van der Waals surface area contributed by atoms with Crippen LogP contribution in [0, 0.1) is 0 Å². The van der Waals surface area contributed by atoms with Crippen LogP contribution >= 0.6 is 23.2 Å². The van der Waals surface area contributed by atoms with E-state index < -0.39 is 6.03 Å². The SMILES string of the molecule is O=C(Nc1cc(Cl)c(Cl)cn1)Nc1cn[nH]c1C1CC1. The molecule has 2 amide bonds. The number of aromatic amines is 1. The molecule has 0 unspecified atom stereocenters. The molecule has 0 bridgehead atoms. The fourth-order valence-corrected chi connectivity index (χ4v) is 2.09. The van der Waals surface area contributed by atoms with Crippen LogP contribution < -0.4 is 10.6 Å². The molecule has 3 N–H and O–H groups in total. The fourth-order valence-electron chi connectivity index (χ4n) is 1.83. The van der Waals surface area contributed by atoms with E-state index in [0.717, 1.165) is 18.5 Å². The van der Waals surface area contributed by atoms with Gasteiger partial charge in [-0.1, -0.05) is 23.2 Å². The first-order valence-corrected chi connectivity index (χ1v) is 6.81. The molecule has 0 saturated heterocycles. The molecule has 2 heterocycles. The highest BCUT2D eigenvalue weighted by Crippen LogP contribution is 2.42. The van der Waals surface area contributed by atoms with Crippen molar-refractivity contribution in [2.24, 2.45) is 0 Å². The lowest BCUT2D eigenvalue weighted by molar-refractivity contribution is 0.262. The largest absolute Gasteiger partial charge is 0.324 e. The van der Waals surface area contributed by atoms with Crippen LogP contribution in [0.5, 0.6) is 0 Å². The first kappa shape index (κ1) is 13.2. The molecule has 104 valence electrons. The monoisotopic (exact) mass is 311 g/mol. The van der Waals surface area contributed by atoms with Gasteiger partial charge in [0.25, 0.3) is 0 Å². The predicted octanol–water partition coefficient (Wildman–Crippen LogP) is 3.63. The average Bonchev–Trinajstić information content (AvgIpc) is 3.15. The minimum atomic E-state index is -0.404. The molecule has 1 aliphatic rings. The number of pyridine rings is 1. The molecule has 2 aromatic heterocycles. The molecule has 20 heavy (non-hydrogen) atoms. The quantitative estimate of drug-likeness (QED) is 0.809. The van der Waals surface area contributed by atoms with E-state index in [4.69, 9.17) is 23.2 Å². The molecule has 0 radical (unpaired) electrons. The van der Waals surface area contributed by atoms with Gasteiger partial charge in [-0.05, 0) is 12.8 Å². The highest BCUT2D eigenvalue weighted by molar-refractivity contribution is 6.42. The molecule has 3 rings (SSSR count). The lowest BCUT2D eigenvalue weighted by Crippen LogP contribution is -2.20. The third kappa shape index (κ3) is 2.86. The number of nitrogens with zero attached hydrogens (tertiary/aromatic N) is 2. The van der Waals surface area contributed by atoms with Crippen molar-refractivity contribution in [1.29, 1.82) is 0 Å². The second-order valence-electron chi connectivity index (χ2n) is 4.53. The third-order valence-corrected chi connectivity index (χ3v) is 3.66. The van der Waals surface area contributed by atoms with Crippen molar-refractivity contribution in [3.05, 3.63) is 34.2 Å². The van der Waals surface area contributed by atoms with Crippen LogP contribution in [0.15, 0.2) is 18.5 Å². The number of carbonyl (C=O) groups excluding carboxylic acids is 1. The smallest absolute Gasteiger partial charge is 0.305 e. The summed E-state index contributed by atoms with van der Waals surface area (Å²) >= 11 is 11.6. The van der Waals surface area contributed by atoms with Gasteiger partial charge in [-0.25, -0.2) is 9.78 Å². The molecule has 8 heteroatoms. The van der Waals surface area contributed by atoms with Crippen LogP contribution in [0.1, 0.15) is 24.5 Å². The van der Waals surface area contributed by atoms with E-state index >= 15 is 0 Å². The van der Waals surface area contributed by atoms with Gasteiger partial charge in [0.15, 0.2) is 0 Å². The Morgan fingerprint density at radius 1 is 1.25 bits per heavy atom. The standard InChI is InChI=1S/C12H11Cl2N5O/c13-7-3-10(15-4-8(7)14)18-12(20)17-9-5-16-19-11(9)6-1-2-6/h3-6H,1-2H2,(H,16,19)(H2,15,17,18,20). The highest BCUT2D eigenvalue weighted by atomic mass is 35.5. The number of H-pyrrole nitrogens is 1. The molecule has 0 aromatic carbocycles. The molecule has 0 spiro atoms. The summed E-state index contributed by atoms with van der Waals surface area (Å²) in [6, 6.07) is 1.08. The van der Waals surface area contributed by atoms with Gasteiger partial charge in [0.05, 0.1) is 27.6 Å². The Hall–Kier alpha value is -1.79. The Labute approximate surface area is 124 Å². The van der Waals surface area contributed by atoms with E-state index in [1.165, 1.54) is 12.3 Å². The molecule has 1 saturated carbocycles. The molecular formula is C12H11Cl2N5O. The fraction of sp³-hybridized carbons (Fsp3) is 0.250. The van der Waals surface area contributed by atoms with Gasteiger partial charge in [0, 0.05) is 18.2 Å². The zero-order chi connectivity index (χ0) is 14.1. The first-order chi connectivity index (χ1) is 9.63. The number of carbonyl (C=O) groups is 1. The van der Waals surface area contributed by atoms with Crippen LogP contribution in [0.2, 0.25) is 10.0 Å². The van der Waals surface area contributed by atoms with Crippen LogP contribution in [-0.2, 0) is 0 Å². The molecule has 6 nitrogen and oxygen atoms in total. The molecule has 1 aliphatic carbocycles. The maximum atomic E-state index is 11.9. The summed E-state index contributed by atoms with van der Waals surface area (Å²) in [5.74, 6) is 0.796. The Kier molecular flexibility index (Phi) is 3.50. The van der Waals surface area contributed by atoms with Gasteiger partial charge in [0.1, 0.15) is 5.82 Å².